The predicted octanol–water partition coefficient (Wildman–Crippen LogP) is 4.21. The Morgan fingerprint density at radius 2 is 1.76 bits per heavy atom. The summed E-state index contributed by atoms with van der Waals surface area (Å²) in [7, 11) is 1.63. The molecule has 21 heavy (non-hydrogen) atoms. The fourth-order valence-electron chi connectivity index (χ4n) is 2.10. The summed E-state index contributed by atoms with van der Waals surface area (Å²) in [6.07, 6.45) is -4.42. The van der Waals surface area contributed by atoms with E-state index in [-0.39, 0.29) is 11.4 Å². The number of nitrogens with zero attached hydrogens (tertiary/aromatic N) is 1. The van der Waals surface area contributed by atoms with Crippen LogP contribution in [0.1, 0.15) is 35.0 Å². The minimum Gasteiger partial charge on any atom is -0.315 e. The number of thiazole rings is 1. The minimum absolute atomic E-state index is 0.164. The van der Waals surface area contributed by atoms with Crippen LogP contribution >= 0.6 is 11.3 Å². The number of hydrogen-bond acceptors (Lipinski definition) is 3. The maximum Gasteiger partial charge on any atom is 0.434 e. The third-order valence-electron chi connectivity index (χ3n) is 3.33. The normalized spacial score (nSPS) is 12.7. The third kappa shape index (κ3) is 3.27. The summed E-state index contributed by atoms with van der Waals surface area (Å²) in [6.45, 7) is 3.95. The number of rotatable bonds is 4. The van der Waals surface area contributed by atoms with E-state index in [1.165, 1.54) is 0 Å². The van der Waals surface area contributed by atoms with Crippen LogP contribution in [-0.2, 0) is 18.1 Å². The Bertz CT molecular complexity index is 603. The maximum atomic E-state index is 13.1. The van der Waals surface area contributed by atoms with Crippen LogP contribution in [0.4, 0.5) is 13.2 Å². The van der Waals surface area contributed by atoms with Crippen LogP contribution in [0.15, 0.2) is 30.3 Å². The van der Waals surface area contributed by atoms with E-state index >= 15 is 0 Å². The molecule has 0 spiro atoms. The van der Waals surface area contributed by atoms with Gasteiger partial charge in [-0.2, -0.15) is 13.2 Å². The van der Waals surface area contributed by atoms with Gasteiger partial charge < -0.3 is 5.32 Å². The van der Waals surface area contributed by atoms with Crippen molar-refractivity contribution in [1.82, 2.24) is 10.3 Å². The molecule has 0 saturated carbocycles. The van der Waals surface area contributed by atoms with Gasteiger partial charge in [0, 0.05) is 12.0 Å². The van der Waals surface area contributed by atoms with Crippen molar-refractivity contribution in [3.63, 3.8) is 0 Å². The molecule has 0 aliphatic carbocycles. The zero-order valence-electron chi connectivity index (χ0n) is 12.1. The fraction of sp³-hybridized carbons (Fsp3) is 0.400. The lowest BCUT2D eigenvalue weighted by atomic mass is 9.85. The second-order valence-corrected chi connectivity index (χ2v) is 6.39. The van der Waals surface area contributed by atoms with Gasteiger partial charge in [0.05, 0.1) is 4.88 Å². The summed E-state index contributed by atoms with van der Waals surface area (Å²) in [5.74, 6) is 0. The largest absolute Gasteiger partial charge is 0.434 e. The molecule has 1 heterocycles. The van der Waals surface area contributed by atoms with Crippen molar-refractivity contribution >= 4 is 11.3 Å². The molecule has 2 nitrogen and oxygen atoms in total. The first-order valence-electron chi connectivity index (χ1n) is 6.54. The van der Waals surface area contributed by atoms with Crippen LogP contribution in [0, 0.1) is 0 Å². The molecule has 2 aromatic rings. The molecule has 2 rings (SSSR count). The van der Waals surface area contributed by atoms with Gasteiger partial charge >= 0.3 is 6.18 Å². The van der Waals surface area contributed by atoms with Crippen LogP contribution in [0.5, 0.6) is 0 Å². The van der Waals surface area contributed by atoms with E-state index in [1.54, 1.807) is 7.05 Å². The van der Waals surface area contributed by atoms with Crippen molar-refractivity contribution in [1.29, 1.82) is 0 Å². The highest BCUT2D eigenvalue weighted by atomic mass is 32.1. The van der Waals surface area contributed by atoms with Crippen molar-refractivity contribution in [2.45, 2.75) is 32.0 Å². The van der Waals surface area contributed by atoms with Crippen molar-refractivity contribution in [3.8, 4) is 0 Å². The molecule has 0 radical (unpaired) electrons. The van der Waals surface area contributed by atoms with E-state index in [9.17, 15) is 13.2 Å². The standard InChI is InChI=1S/C15H17F3N2S/c1-14(2,10-7-5-4-6-8-10)13-20-12(15(16,17)18)11(21-13)9-19-3/h4-8,19H,9H2,1-3H3. The quantitative estimate of drug-likeness (QED) is 0.914. The van der Waals surface area contributed by atoms with E-state index in [0.29, 0.717) is 5.01 Å². The lowest BCUT2D eigenvalue weighted by molar-refractivity contribution is -0.141. The van der Waals surface area contributed by atoms with Crippen molar-refractivity contribution in [2.75, 3.05) is 7.05 Å². The zero-order chi connectivity index (χ0) is 15.7. The predicted molar refractivity (Wildman–Crippen MR) is 78.4 cm³/mol. The minimum atomic E-state index is -4.42. The average Bonchev–Trinajstić information content (AvgIpc) is 2.85. The molecule has 114 valence electrons. The molecule has 0 fully saturated rings. The van der Waals surface area contributed by atoms with Gasteiger partial charge in [-0.3, -0.25) is 0 Å². The Morgan fingerprint density at radius 3 is 2.29 bits per heavy atom. The molecular weight excluding hydrogens is 297 g/mol. The van der Waals surface area contributed by atoms with Crippen molar-refractivity contribution < 1.29 is 13.2 Å². The Morgan fingerprint density at radius 1 is 1.14 bits per heavy atom. The fourth-order valence-corrected chi connectivity index (χ4v) is 3.32. The number of aromatic nitrogens is 1. The first-order valence-corrected chi connectivity index (χ1v) is 7.36. The van der Waals surface area contributed by atoms with E-state index in [1.807, 2.05) is 44.2 Å². The summed E-state index contributed by atoms with van der Waals surface area (Å²) < 4.78 is 39.3. The first-order chi connectivity index (χ1) is 9.76. The zero-order valence-corrected chi connectivity index (χ0v) is 12.9. The molecule has 6 heteroatoms. The highest BCUT2D eigenvalue weighted by molar-refractivity contribution is 7.12. The third-order valence-corrected chi connectivity index (χ3v) is 4.71. The van der Waals surface area contributed by atoms with Crippen LogP contribution in [0.3, 0.4) is 0 Å². The first kappa shape index (κ1) is 16.0. The molecule has 0 bridgehead atoms. The molecule has 0 aliphatic heterocycles. The van der Waals surface area contributed by atoms with Gasteiger partial charge in [-0.05, 0) is 26.5 Å². The molecular formula is C15H17F3N2S. The molecule has 0 unspecified atom stereocenters. The maximum absolute atomic E-state index is 13.1. The lowest BCUT2D eigenvalue weighted by Gasteiger charge is -2.22. The van der Waals surface area contributed by atoms with Crippen LogP contribution in [0.25, 0.3) is 0 Å². The molecule has 1 N–H and O–H groups in total. The van der Waals surface area contributed by atoms with Gasteiger partial charge in [-0.1, -0.05) is 30.3 Å². The van der Waals surface area contributed by atoms with Gasteiger partial charge in [0.1, 0.15) is 5.01 Å². The Kier molecular flexibility index (Phi) is 4.39. The van der Waals surface area contributed by atoms with Gasteiger partial charge in [-0.15, -0.1) is 11.3 Å². The molecule has 0 amide bonds. The number of nitrogens with one attached hydrogen (secondary N) is 1. The molecule has 0 saturated heterocycles. The second kappa shape index (κ2) is 5.77. The highest BCUT2D eigenvalue weighted by Gasteiger charge is 2.39. The summed E-state index contributed by atoms with van der Waals surface area (Å²) in [4.78, 5) is 4.13. The number of hydrogen-bond donors (Lipinski definition) is 1. The SMILES string of the molecule is CNCc1sc(C(C)(C)c2ccccc2)nc1C(F)(F)F. The van der Waals surface area contributed by atoms with Crippen molar-refractivity contribution in [2.24, 2.45) is 0 Å². The smallest absolute Gasteiger partial charge is 0.315 e. The van der Waals surface area contributed by atoms with Crippen LogP contribution in [0.2, 0.25) is 0 Å². The van der Waals surface area contributed by atoms with Gasteiger partial charge in [0.25, 0.3) is 0 Å². The van der Waals surface area contributed by atoms with E-state index in [4.69, 9.17) is 0 Å². The number of alkyl halides is 3. The lowest BCUT2D eigenvalue weighted by Crippen LogP contribution is -2.19. The van der Waals surface area contributed by atoms with Gasteiger partial charge in [0.2, 0.25) is 0 Å². The Labute approximate surface area is 126 Å². The molecule has 0 atom stereocenters. The van der Waals surface area contributed by atoms with Crippen LogP contribution in [-0.4, -0.2) is 12.0 Å². The van der Waals surface area contributed by atoms with Crippen molar-refractivity contribution in [3.05, 3.63) is 51.5 Å². The van der Waals surface area contributed by atoms with E-state index in [0.717, 1.165) is 16.9 Å². The summed E-state index contributed by atoms with van der Waals surface area (Å²) in [5.41, 5.74) is -0.387. The average molecular weight is 314 g/mol. The highest BCUT2D eigenvalue weighted by Crippen LogP contribution is 2.40. The molecule has 1 aromatic carbocycles. The van der Waals surface area contributed by atoms with E-state index < -0.39 is 17.3 Å². The molecule has 1 aromatic heterocycles. The van der Waals surface area contributed by atoms with E-state index in [2.05, 4.69) is 10.3 Å². The Hall–Kier alpha value is -1.40. The topological polar surface area (TPSA) is 24.9 Å². The number of benzene rings is 1. The second-order valence-electron chi connectivity index (χ2n) is 5.31. The monoisotopic (exact) mass is 314 g/mol. The molecule has 0 aliphatic rings. The summed E-state index contributed by atoms with van der Waals surface area (Å²) in [5, 5.41) is 3.25. The number of halogens is 3. The summed E-state index contributed by atoms with van der Waals surface area (Å²) >= 11 is 1.12. The van der Waals surface area contributed by atoms with Gasteiger partial charge in [-0.25, -0.2) is 4.98 Å². The summed E-state index contributed by atoms with van der Waals surface area (Å²) in [6, 6.07) is 9.46. The Balaban J connectivity index is 2.49. The van der Waals surface area contributed by atoms with Gasteiger partial charge in [0.15, 0.2) is 5.69 Å². The van der Waals surface area contributed by atoms with Crippen LogP contribution < -0.4 is 5.32 Å².